The number of benzene rings is 1. The number of halogens is 1. The molecule has 1 heterocycles. The van der Waals surface area contributed by atoms with Crippen LogP contribution in [-0.2, 0) is 29.1 Å². The van der Waals surface area contributed by atoms with Crippen LogP contribution in [0.15, 0.2) is 55.1 Å². The van der Waals surface area contributed by atoms with Gasteiger partial charge in [0.1, 0.15) is 22.5 Å². The summed E-state index contributed by atoms with van der Waals surface area (Å²) in [5, 5.41) is 6.99. The SMILES string of the molecule is C=CCCCCN(C)C(=O)[C@@H]1C[C@H](OC(=O)Nc2cc(F)ccc2-c2nccs2)C[C@H]1C(=O)N[C@]1(C(=O)NS(=O)(=O)C2CC2)C[C@H]1C=C. The molecule has 12 nitrogen and oxygen atoms in total. The Morgan fingerprint density at radius 3 is 2.56 bits per heavy atom. The van der Waals surface area contributed by atoms with E-state index >= 15 is 0 Å². The number of allylic oxidation sites excluding steroid dienone is 1. The highest BCUT2D eigenvalue weighted by molar-refractivity contribution is 7.91. The van der Waals surface area contributed by atoms with Gasteiger partial charge in [0.25, 0.3) is 5.91 Å². The molecule has 5 rings (SSSR count). The van der Waals surface area contributed by atoms with E-state index < -0.39 is 68.4 Å². The van der Waals surface area contributed by atoms with Crippen molar-refractivity contribution >= 4 is 50.9 Å². The zero-order chi connectivity index (χ0) is 34.6. The largest absolute Gasteiger partial charge is 0.446 e. The first-order chi connectivity index (χ1) is 22.9. The van der Waals surface area contributed by atoms with Crippen molar-refractivity contribution in [3.05, 3.63) is 60.9 Å². The molecule has 3 saturated carbocycles. The average molecular weight is 702 g/mol. The lowest BCUT2D eigenvalue weighted by atomic mass is 9.93. The predicted octanol–water partition coefficient (Wildman–Crippen LogP) is 4.38. The van der Waals surface area contributed by atoms with Crippen LogP contribution in [-0.4, -0.2) is 72.6 Å². The average Bonchev–Trinajstić information content (AvgIpc) is 3.92. The van der Waals surface area contributed by atoms with Crippen molar-refractivity contribution in [1.82, 2.24) is 19.9 Å². The number of hydrogen-bond donors (Lipinski definition) is 3. The molecule has 0 unspecified atom stereocenters. The number of ether oxygens (including phenoxy) is 1. The summed E-state index contributed by atoms with van der Waals surface area (Å²) in [7, 11) is -2.23. The summed E-state index contributed by atoms with van der Waals surface area (Å²) < 4.78 is 47.0. The van der Waals surface area contributed by atoms with Gasteiger partial charge in [0.05, 0.1) is 22.8 Å². The van der Waals surface area contributed by atoms with E-state index in [9.17, 15) is 32.0 Å². The van der Waals surface area contributed by atoms with Gasteiger partial charge in [-0.05, 0) is 69.6 Å². The van der Waals surface area contributed by atoms with Crippen LogP contribution in [0, 0.1) is 23.6 Å². The first-order valence-electron chi connectivity index (χ1n) is 15.9. The summed E-state index contributed by atoms with van der Waals surface area (Å²) in [6.45, 7) is 7.88. The molecule has 0 aliphatic heterocycles. The molecule has 4 amide bonds. The second-order valence-electron chi connectivity index (χ2n) is 12.6. The maximum absolute atomic E-state index is 14.1. The molecule has 1 aromatic heterocycles. The summed E-state index contributed by atoms with van der Waals surface area (Å²) in [5.41, 5.74) is -0.885. The Morgan fingerprint density at radius 2 is 1.92 bits per heavy atom. The van der Waals surface area contributed by atoms with E-state index in [0.29, 0.717) is 30.0 Å². The van der Waals surface area contributed by atoms with Gasteiger partial charge in [-0.3, -0.25) is 24.4 Å². The Labute approximate surface area is 283 Å². The monoisotopic (exact) mass is 701 g/mol. The lowest BCUT2D eigenvalue weighted by Gasteiger charge is -2.26. The van der Waals surface area contributed by atoms with Crippen LogP contribution in [0.5, 0.6) is 0 Å². The molecular weight excluding hydrogens is 662 g/mol. The standard InChI is InChI=1S/C33H40FN5O7S2/c1-4-6-7-8-14-39(3)30(41)26-18-22(46-32(43)36-27-16-21(34)9-12-24(27)29-35-13-15-47-29)17-25(26)28(40)37-33(19-20(33)5-2)31(42)38-48(44,45)23-10-11-23/h4-5,9,12-13,15-16,20,22-23,25-26H,1-2,6-8,10-11,14,17-19H2,3H3,(H,36,43)(H,37,40)(H,38,42)/t20-,22-,25-,26-,33-/m1/s1. The molecule has 0 radical (unpaired) electrons. The molecule has 1 aromatic carbocycles. The van der Waals surface area contributed by atoms with Crippen molar-refractivity contribution in [1.29, 1.82) is 0 Å². The lowest BCUT2D eigenvalue weighted by molar-refractivity contribution is -0.140. The maximum Gasteiger partial charge on any atom is 0.411 e. The van der Waals surface area contributed by atoms with Crippen LogP contribution in [0.2, 0.25) is 0 Å². The number of nitrogens with one attached hydrogen (secondary N) is 3. The third-order valence-electron chi connectivity index (χ3n) is 9.10. The quantitative estimate of drug-likeness (QED) is 0.182. The van der Waals surface area contributed by atoms with Crippen LogP contribution in [0.25, 0.3) is 10.6 Å². The molecule has 3 N–H and O–H groups in total. The molecule has 3 aliphatic rings. The fourth-order valence-electron chi connectivity index (χ4n) is 6.16. The molecule has 15 heteroatoms. The topological polar surface area (TPSA) is 164 Å². The Kier molecular flexibility index (Phi) is 10.7. The van der Waals surface area contributed by atoms with Gasteiger partial charge in [-0.2, -0.15) is 0 Å². The molecule has 3 fully saturated rings. The minimum absolute atomic E-state index is 0.0285. The van der Waals surface area contributed by atoms with E-state index in [1.807, 2.05) is 0 Å². The first-order valence-corrected chi connectivity index (χ1v) is 18.3. The van der Waals surface area contributed by atoms with E-state index in [1.165, 1.54) is 34.4 Å². The summed E-state index contributed by atoms with van der Waals surface area (Å²) in [5.74, 6) is -4.74. The van der Waals surface area contributed by atoms with E-state index in [0.717, 1.165) is 25.3 Å². The number of rotatable bonds is 15. The van der Waals surface area contributed by atoms with E-state index in [1.54, 1.807) is 24.7 Å². The van der Waals surface area contributed by atoms with Gasteiger partial charge in [-0.25, -0.2) is 22.6 Å². The molecule has 3 aliphatic carbocycles. The number of nitrogens with zero attached hydrogens (tertiary/aromatic N) is 2. The molecule has 5 atom stereocenters. The van der Waals surface area contributed by atoms with E-state index in [2.05, 4.69) is 33.5 Å². The van der Waals surface area contributed by atoms with Crippen molar-refractivity contribution in [2.75, 3.05) is 18.9 Å². The van der Waals surface area contributed by atoms with Crippen LogP contribution >= 0.6 is 11.3 Å². The normalized spacial score (nSPS) is 24.6. The number of carbonyl (C=O) groups excluding carboxylic acids is 4. The number of thiazole rings is 1. The molecular formula is C33H40FN5O7S2. The maximum atomic E-state index is 14.1. The molecule has 0 spiro atoms. The molecule has 258 valence electrons. The van der Waals surface area contributed by atoms with Gasteiger partial charge in [0.2, 0.25) is 21.8 Å². The Hall–Kier alpha value is -4.11. The minimum Gasteiger partial charge on any atom is -0.446 e. The number of carbonyl (C=O) groups is 4. The van der Waals surface area contributed by atoms with Crippen LogP contribution in [0.1, 0.15) is 51.4 Å². The summed E-state index contributed by atoms with van der Waals surface area (Å²) in [6.07, 6.45) is 6.52. The highest BCUT2D eigenvalue weighted by atomic mass is 32.2. The third kappa shape index (κ3) is 7.95. The van der Waals surface area contributed by atoms with Crippen LogP contribution in [0.3, 0.4) is 0 Å². The number of sulfonamides is 1. The van der Waals surface area contributed by atoms with Gasteiger partial charge in [0, 0.05) is 36.7 Å². The zero-order valence-corrected chi connectivity index (χ0v) is 28.3. The Bertz CT molecular complexity index is 1680. The van der Waals surface area contributed by atoms with E-state index in [-0.39, 0.29) is 30.9 Å². The number of unbranched alkanes of at least 4 members (excludes halogenated alkanes) is 2. The van der Waals surface area contributed by atoms with Gasteiger partial charge >= 0.3 is 6.09 Å². The molecule has 0 saturated heterocycles. The van der Waals surface area contributed by atoms with Crippen molar-refractivity contribution in [2.45, 2.75) is 68.3 Å². The fraction of sp³-hybridized carbons (Fsp3) is 0.485. The predicted molar refractivity (Wildman–Crippen MR) is 179 cm³/mol. The lowest BCUT2D eigenvalue weighted by Crippen LogP contribution is -2.54. The van der Waals surface area contributed by atoms with Crippen LogP contribution in [0.4, 0.5) is 14.9 Å². The van der Waals surface area contributed by atoms with Gasteiger partial charge in [-0.1, -0.05) is 12.2 Å². The minimum atomic E-state index is -3.88. The fourth-order valence-corrected chi connectivity index (χ4v) is 8.20. The van der Waals surface area contributed by atoms with Crippen LogP contribution < -0.4 is 15.4 Å². The second kappa shape index (κ2) is 14.6. The Morgan fingerprint density at radius 1 is 1.17 bits per heavy atom. The van der Waals surface area contributed by atoms with Crippen molar-refractivity contribution in [3.63, 3.8) is 0 Å². The van der Waals surface area contributed by atoms with Crippen molar-refractivity contribution in [2.24, 2.45) is 17.8 Å². The third-order valence-corrected chi connectivity index (χ3v) is 11.7. The molecule has 0 bridgehead atoms. The summed E-state index contributed by atoms with van der Waals surface area (Å²) >= 11 is 1.31. The van der Waals surface area contributed by atoms with E-state index in [4.69, 9.17) is 4.74 Å². The molecule has 48 heavy (non-hydrogen) atoms. The smallest absolute Gasteiger partial charge is 0.411 e. The van der Waals surface area contributed by atoms with Crippen molar-refractivity contribution < 1.29 is 36.7 Å². The number of amides is 4. The molecule has 2 aromatic rings. The summed E-state index contributed by atoms with van der Waals surface area (Å²) in [4.78, 5) is 59.7. The van der Waals surface area contributed by atoms with Gasteiger partial charge in [0.15, 0.2) is 0 Å². The number of hydrogen-bond acceptors (Lipinski definition) is 9. The second-order valence-corrected chi connectivity index (χ2v) is 15.4. The number of aromatic nitrogens is 1. The highest BCUT2D eigenvalue weighted by Gasteiger charge is 2.62. The van der Waals surface area contributed by atoms with Gasteiger partial charge < -0.3 is 15.0 Å². The first kappa shape index (κ1) is 35.2. The Balaban J connectivity index is 1.31. The summed E-state index contributed by atoms with van der Waals surface area (Å²) in [6, 6.07) is 3.90. The zero-order valence-electron chi connectivity index (χ0n) is 26.7. The highest BCUT2D eigenvalue weighted by Crippen LogP contribution is 2.46. The van der Waals surface area contributed by atoms with Gasteiger partial charge in [-0.15, -0.1) is 24.5 Å². The van der Waals surface area contributed by atoms with Crippen molar-refractivity contribution in [3.8, 4) is 10.6 Å². The number of anilines is 1.